The minimum atomic E-state index is -0.0537. The lowest BCUT2D eigenvalue weighted by atomic mass is 9.99. The van der Waals surface area contributed by atoms with Crippen LogP contribution in [0, 0.1) is 5.92 Å². The van der Waals surface area contributed by atoms with E-state index >= 15 is 0 Å². The molecule has 4 rings (SSSR count). The van der Waals surface area contributed by atoms with E-state index in [1.165, 1.54) is 10.8 Å². The van der Waals surface area contributed by atoms with E-state index in [9.17, 15) is 4.79 Å². The number of fused-ring (bicyclic) bond motifs is 1. The number of thiocarbonyl (C=S) groups is 1. The number of ether oxygens (including phenoxy) is 3. The first-order chi connectivity index (χ1) is 15.6. The lowest BCUT2D eigenvalue weighted by molar-refractivity contribution is 0.0865. The lowest BCUT2D eigenvalue weighted by Crippen LogP contribution is -2.10. The van der Waals surface area contributed by atoms with Gasteiger partial charge in [-0.05, 0) is 53.4 Å². The number of carbonyl (C=O) groups is 1. The van der Waals surface area contributed by atoms with Gasteiger partial charge in [0.1, 0.15) is 13.2 Å². The van der Waals surface area contributed by atoms with E-state index in [0.29, 0.717) is 41.0 Å². The topological polar surface area (TPSA) is 70.8 Å². The van der Waals surface area contributed by atoms with Gasteiger partial charge in [-0.25, -0.2) is 0 Å². The number of Topliss-reactive ketones (excluding diaryl/α,β-unsaturated/α-hetero) is 1. The molecule has 6 nitrogen and oxygen atoms in total. The Bertz CT molecular complexity index is 1090. The summed E-state index contributed by atoms with van der Waals surface area (Å²) >= 11 is 5.03. The fourth-order valence-corrected chi connectivity index (χ4v) is 3.91. The standard InChI is InChI=1S/C25H27NO5S/c1-17(32)30-15-22-24(31-26-25(22)23(27)9-7-18-10-11-28-13-18)16-29-14-19-6-8-20-4-2-3-5-21(20)12-19/h2-6,8,12,18H,7,9-11,13-16H2,1H3. The molecule has 0 aliphatic carbocycles. The van der Waals surface area contributed by atoms with Gasteiger partial charge in [0.25, 0.3) is 0 Å². The molecule has 1 saturated heterocycles. The number of rotatable bonds is 10. The van der Waals surface area contributed by atoms with Gasteiger partial charge >= 0.3 is 0 Å². The summed E-state index contributed by atoms with van der Waals surface area (Å²) in [7, 11) is 0. The largest absolute Gasteiger partial charge is 0.482 e. The van der Waals surface area contributed by atoms with Gasteiger partial charge in [0.15, 0.2) is 22.3 Å². The number of aromatic nitrogens is 1. The maximum absolute atomic E-state index is 12.8. The smallest absolute Gasteiger partial charge is 0.185 e. The Kier molecular flexibility index (Phi) is 7.63. The van der Waals surface area contributed by atoms with Crippen molar-refractivity contribution in [2.75, 3.05) is 13.2 Å². The van der Waals surface area contributed by atoms with Crippen LogP contribution in [0.3, 0.4) is 0 Å². The van der Waals surface area contributed by atoms with Crippen molar-refractivity contribution in [2.24, 2.45) is 5.92 Å². The molecule has 1 aliphatic rings. The van der Waals surface area contributed by atoms with Crippen molar-refractivity contribution < 1.29 is 23.5 Å². The van der Waals surface area contributed by atoms with Crippen LogP contribution in [-0.4, -0.2) is 29.2 Å². The molecule has 0 saturated carbocycles. The van der Waals surface area contributed by atoms with Crippen LogP contribution in [0.5, 0.6) is 0 Å². The first kappa shape index (κ1) is 22.6. The normalized spacial score (nSPS) is 15.8. The molecular weight excluding hydrogens is 426 g/mol. The van der Waals surface area contributed by atoms with Crippen LogP contribution < -0.4 is 0 Å². The molecule has 2 heterocycles. The molecule has 32 heavy (non-hydrogen) atoms. The van der Waals surface area contributed by atoms with E-state index in [1.54, 1.807) is 6.92 Å². The molecule has 0 radical (unpaired) electrons. The van der Waals surface area contributed by atoms with Crippen LogP contribution in [0.25, 0.3) is 10.8 Å². The van der Waals surface area contributed by atoms with Crippen molar-refractivity contribution in [2.45, 2.75) is 46.0 Å². The molecule has 2 aromatic carbocycles. The van der Waals surface area contributed by atoms with Gasteiger partial charge in [-0.1, -0.05) is 41.6 Å². The van der Waals surface area contributed by atoms with Gasteiger partial charge in [-0.15, -0.1) is 0 Å². The molecule has 0 spiro atoms. The Morgan fingerprint density at radius 3 is 2.78 bits per heavy atom. The minimum absolute atomic E-state index is 0.0537. The van der Waals surface area contributed by atoms with Gasteiger partial charge in [0, 0.05) is 26.6 Å². The van der Waals surface area contributed by atoms with E-state index < -0.39 is 0 Å². The molecule has 7 heteroatoms. The highest BCUT2D eigenvalue weighted by molar-refractivity contribution is 7.80. The summed E-state index contributed by atoms with van der Waals surface area (Å²) in [5.41, 5.74) is 1.98. The molecule has 1 atom stereocenters. The van der Waals surface area contributed by atoms with Crippen molar-refractivity contribution in [3.63, 3.8) is 0 Å². The van der Waals surface area contributed by atoms with Crippen LogP contribution in [0.2, 0.25) is 0 Å². The van der Waals surface area contributed by atoms with Gasteiger partial charge < -0.3 is 18.7 Å². The van der Waals surface area contributed by atoms with Crippen molar-refractivity contribution in [1.29, 1.82) is 0 Å². The van der Waals surface area contributed by atoms with Gasteiger partial charge in [-0.2, -0.15) is 0 Å². The number of ketones is 1. The molecule has 168 valence electrons. The number of hydrogen-bond donors (Lipinski definition) is 0. The first-order valence-electron chi connectivity index (χ1n) is 10.9. The zero-order valence-corrected chi connectivity index (χ0v) is 19.0. The Balaban J connectivity index is 1.40. The quantitative estimate of drug-likeness (QED) is 0.300. The summed E-state index contributed by atoms with van der Waals surface area (Å²) in [6.07, 6.45) is 2.19. The third kappa shape index (κ3) is 5.79. The summed E-state index contributed by atoms with van der Waals surface area (Å²) in [6.45, 7) is 3.94. The average Bonchev–Trinajstić information content (AvgIpc) is 3.46. The average molecular weight is 454 g/mol. The Labute approximate surface area is 192 Å². The van der Waals surface area contributed by atoms with Gasteiger partial charge in [-0.3, -0.25) is 4.79 Å². The van der Waals surface area contributed by atoms with Crippen molar-refractivity contribution >= 4 is 33.8 Å². The molecule has 1 unspecified atom stereocenters. The molecule has 0 amide bonds. The molecule has 1 fully saturated rings. The van der Waals surface area contributed by atoms with Gasteiger partial charge in [0.05, 0.1) is 12.2 Å². The van der Waals surface area contributed by atoms with E-state index in [1.807, 2.05) is 18.2 Å². The van der Waals surface area contributed by atoms with Crippen molar-refractivity contribution in [3.05, 3.63) is 65.0 Å². The fourth-order valence-electron chi connectivity index (χ4n) is 3.85. The van der Waals surface area contributed by atoms with Crippen molar-refractivity contribution in [1.82, 2.24) is 5.16 Å². The van der Waals surface area contributed by atoms with E-state index in [-0.39, 0.29) is 19.0 Å². The Morgan fingerprint density at radius 2 is 2.00 bits per heavy atom. The third-order valence-corrected chi connectivity index (χ3v) is 5.79. The van der Waals surface area contributed by atoms with E-state index in [2.05, 4.69) is 29.4 Å². The van der Waals surface area contributed by atoms with Crippen LogP contribution in [-0.2, 0) is 34.0 Å². The predicted molar refractivity (Wildman–Crippen MR) is 124 cm³/mol. The number of benzene rings is 2. The number of hydrogen-bond acceptors (Lipinski definition) is 7. The van der Waals surface area contributed by atoms with Gasteiger partial charge in [0.2, 0.25) is 0 Å². The van der Waals surface area contributed by atoms with E-state index in [4.69, 9.17) is 31.0 Å². The zero-order valence-electron chi connectivity index (χ0n) is 18.2. The second-order valence-electron chi connectivity index (χ2n) is 8.08. The van der Waals surface area contributed by atoms with Crippen LogP contribution in [0.1, 0.15) is 53.6 Å². The third-order valence-electron chi connectivity index (χ3n) is 5.67. The molecule has 0 N–H and O–H groups in total. The Morgan fingerprint density at radius 1 is 1.16 bits per heavy atom. The number of nitrogens with zero attached hydrogens (tertiary/aromatic N) is 1. The summed E-state index contributed by atoms with van der Waals surface area (Å²) in [4.78, 5) is 12.8. The highest BCUT2D eigenvalue weighted by atomic mass is 32.1. The highest BCUT2D eigenvalue weighted by Gasteiger charge is 2.24. The maximum atomic E-state index is 12.8. The zero-order chi connectivity index (χ0) is 22.3. The summed E-state index contributed by atoms with van der Waals surface area (Å²) < 4.78 is 22.3. The van der Waals surface area contributed by atoms with Crippen molar-refractivity contribution in [3.8, 4) is 0 Å². The SMILES string of the molecule is CC(=S)OCc1c(C(=O)CCC2CCOC2)noc1COCc1ccc2ccccc2c1. The Hall–Kier alpha value is -2.61. The summed E-state index contributed by atoms with van der Waals surface area (Å²) in [6, 6.07) is 14.4. The van der Waals surface area contributed by atoms with Crippen LogP contribution in [0.15, 0.2) is 47.0 Å². The second kappa shape index (κ2) is 10.8. The highest BCUT2D eigenvalue weighted by Crippen LogP contribution is 2.23. The fraction of sp³-hybridized carbons (Fsp3) is 0.400. The second-order valence-corrected chi connectivity index (χ2v) is 8.65. The lowest BCUT2D eigenvalue weighted by Gasteiger charge is -2.08. The van der Waals surface area contributed by atoms with Crippen LogP contribution >= 0.6 is 12.2 Å². The predicted octanol–water partition coefficient (Wildman–Crippen LogP) is 5.41. The van der Waals surface area contributed by atoms with E-state index in [0.717, 1.165) is 31.6 Å². The maximum Gasteiger partial charge on any atom is 0.185 e. The monoisotopic (exact) mass is 453 g/mol. The molecule has 1 aromatic heterocycles. The first-order valence-corrected chi connectivity index (χ1v) is 11.3. The molecule has 3 aromatic rings. The summed E-state index contributed by atoms with van der Waals surface area (Å²) in [5, 5.41) is 6.80. The molecule has 1 aliphatic heterocycles. The summed E-state index contributed by atoms with van der Waals surface area (Å²) in [5.74, 6) is 0.871. The molecule has 0 bridgehead atoms. The number of carbonyl (C=O) groups excluding carboxylic acids is 1. The molecular formula is C25H27NO5S. The minimum Gasteiger partial charge on any atom is -0.482 e. The van der Waals surface area contributed by atoms with Crippen LogP contribution in [0.4, 0.5) is 0 Å².